The summed E-state index contributed by atoms with van der Waals surface area (Å²) in [7, 11) is 0. The van der Waals surface area contributed by atoms with Gasteiger partial charge in [-0.1, -0.05) is 84.9 Å². The van der Waals surface area contributed by atoms with E-state index in [1.54, 1.807) is 0 Å². The standard InChI is InChI=1S/C18H14.N3/c1-3-9-15(10-4-1)17-13-7-8-14-18(17)16-11-5-2-6-12-16;1-3-2/h1-14H;/q;-1. The molecule has 3 rings (SSSR count). The Hall–Kier alpha value is -3.03. The molecule has 21 heavy (non-hydrogen) atoms. The molecule has 0 fully saturated rings. The minimum atomic E-state index is 1.26. The monoisotopic (exact) mass is 272 g/mol. The first-order chi connectivity index (χ1) is 10.4. The van der Waals surface area contributed by atoms with E-state index in [0.717, 1.165) is 0 Å². The van der Waals surface area contributed by atoms with E-state index in [1.807, 2.05) is 0 Å². The summed E-state index contributed by atoms with van der Waals surface area (Å²) < 4.78 is 0. The Morgan fingerprint density at radius 1 is 0.476 bits per heavy atom. The predicted octanol–water partition coefficient (Wildman–Crippen LogP) is 5.89. The maximum Gasteiger partial charge on any atom is -0.0105 e. The third-order valence-corrected chi connectivity index (χ3v) is 3.10. The van der Waals surface area contributed by atoms with E-state index in [4.69, 9.17) is 11.1 Å². The molecule has 3 aromatic carbocycles. The van der Waals surface area contributed by atoms with Crippen LogP contribution in [0, 0.1) is 0 Å². The van der Waals surface area contributed by atoms with Crippen molar-refractivity contribution in [3.8, 4) is 22.3 Å². The molecule has 0 amide bonds. The summed E-state index contributed by atoms with van der Waals surface area (Å²) in [4.78, 5) is 1.50. The molecule has 3 nitrogen and oxygen atoms in total. The highest BCUT2D eigenvalue weighted by Gasteiger charge is 2.05. The Balaban J connectivity index is 0.000000497. The highest BCUT2D eigenvalue weighted by atomic mass is 15.0. The van der Waals surface area contributed by atoms with Crippen molar-refractivity contribution in [2.45, 2.75) is 0 Å². The molecule has 0 saturated heterocycles. The Labute approximate surface area is 123 Å². The summed E-state index contributed by atoms with van der Waals surface area (Å²) >= 11 is 0. The van der Waals surface area contributed by atoms with Crippen LogP contribution in [0.2, 0.25) is 0 Å². The summed E-state index contributed by atoms with van der Waals surface area (Å²) in [6, 6.07) is 29.6. The molecule has 0 aliphatic rings. The zero-order chi connectivity index (χ0) is 14.9. The Morgan fingerprint density at radius 2 is 0.762 bits per heavy atom. The highest BCUT2D eigenvalue weighted by Crippen LogP contribution is 2.31. The smallest absolute Gasteiger partial charge is 0.0105 e. The van der Waals surface area contributed by atoms with E-state index < -0.39 is 0 Å². The molecule has 0 aliphatic heterocycles. The van der Waals surface area contributed by atoms with Crippen molar-refractivity contribution in [2.24, 2.45) is 0 Å². The first kappa shape index (κ1) is 14.4. The van der Waals surface area contributed by atoms with Crippen molar-refractivity contribution in [1.82, 2.24) is 0 Å². The van der Waals surface area contributed by atoms with Gasteiger partial charge in [0, 0.05) is 0 Å². The van der Waals surface area contributed by atoms with Crippen molar-refractivity contribution < 1.29 is 0 Å². The van der Waals surface area contributed by atoms with Crippen LogP contribution >= 0.6 is 0 Å². The van der Waals surface area contributed by atoms with Crippen LogP contribution in [-0.4, -0.2) is 0 Å². The van der Waals surface area contributed by atoms with Crippen LogP contribution in [0.25, 0.3) is 38.2 Å². The SMILES string of the molecule is [N-]=[N+]=[N-].c1ccc(-c2ccccc2-c2ccccc2)cc1. The van der Waals surface area contributed by atoms with E-state index in [1.165, 1.54) is 27.2 Å². The van der Waals surface area contributed by atoms with E-state index in [9.17, 15) is 0 Å². The molecule has 0 N–H and O–H groups in total. The molecule has 0 radical (unpaired) electrons. The predicted molar refractivity (Wildman–Crippen MR) is 87.4 cm³/mol. The first-order valence-corrected chi connectivity index (χ1v) is 6.55. The summed E-state index contributed by atoms with van der Waals surface area (Å²) in [6.45, 7) is 0. The number of hydrogen-bond donors (Lipinski definition) is 0. The van der Waals surface area contributed by atoms with Crippen molar-refractivity contribution >= 4 is 0 Å². The van der Waals surface area contributed by atoms with E-state index in [2.05, 4.69) is 84.9 Å². The van der Waals surface area contributed by atoms with E-state index >= 15 is 0 Å². The van der Waals surface area contributed by atoms with Crippen LogP contribution < -0.4 is 0 Å². The van der Waals surface area contributed by atoms with Crippen LogP contribution in [0.4, 0.5) is 0 Å². The topological polar surface area (TPSA) is 58.7 Å². The van der Waals surface area contributed by atoms with Crippen LogP contribution in [0.5, 0.6) is 0 Å². The molecule has 0 heterocycles. The number of nitrogens with zero attached hydrogens (tertiary/aromatic N) is 3. The average Bonchev–Trinajstić information content (AvgIpc) is 2.57. The van der Waals surface area contributed by atoms with Gasteiger partial charge in [0.2, 0.25) is 0 Å². The first-order valence-electron chi connectivity index (χ1n) is 6.55. The van der Waals surface area contributed by atoms with Crippen molar-refractivity contribution in [1.29, 1.82) is 0 Å². The fraction of sp³-hybridized carbons (Fsp3) is 0. The summed E-state index contributed by atoms with van der Waals surface area (Å²) in [5.74, 6) is 0. The number of hydrogen-bond acceptors (Lipinski definition) is 0. The van der Waals surface area contributed by atoms with Gasteiger partial charge >= 0.3 is 0 Å². The summed E-state index contributed by atoms with van der Waals surface area (Å²) in [6.07, 6.45) is 0. The lowest BCUT2D eigenvalue weighted by molar-refractivity contribution is 1.58. The molecule has 0 aromatic heterocycles. The van der Waals surface area contributed by atoms with Gasteiger partial charge in [-0.15, -0.1) is 0 Å². The Kier molecular flexibility index (Phi) is 5.16. The third kappa shape index (κ3) is 3.72. The van der Waals surface area contributed by atoms with Gasteiger partial charge in [-0.2, -0.15) is 0 Å². The van der Waals surface area contributed by atoms with Crippen molar-refractivity contribution in [3.05, 3.63) is 101 Å². The average molecular weight is 272 g/mol. The molecule has 3 heteroatoms. The highest BCUT2D eigenvalue weighted by molar-refractivity contribution is 5.83. The number of rotatable bonds is 2. The minimum absolute atomic E-state index is 1.26. The molecule has 0 unspecified atom stereocenters. The van der Waals surface area contributed by atoms with E-state index in [0.29, 0.717) is 0 Å². The van der Waals surface area contributed by atoms with E-state index in [-0.39, 0.29) is 0 Å². The van der Waals surface area contributed by atoms with Crippen molar-refractivity contribution in [3.63, 3.8) is 0 Å². The largest absolute Gasteiger partial charge is 0.373 e. The molecule has 0 bridgehead atoms. The normalized spacial score (nSPS) is 9.14. The van der Waals surface area contributed by atoms with Gasteiger partial charge in [0.05, 0.1) is 0 Å². The summed E-state index contributed by atoms with van der Waals surface area (Å²) in [5.41, 5.74) is 18.6. The minimum Gasteiger partial charge on any atom is -0.373 e. The molecular weight excluding hydrogens is 258 g/mol. The van der Waals surface area contributed by atoms with Gasteiger partial charge in [-0.25, -0.2) is 0 Å². The van der Waals surface area contributed by atoms with Gasteiger partial charge in [-0.3, -0.25) is 4.91 Å². The lowest BCUT2D eigenvalue weighted by Gasteiger charge is -2.09. The second kappa shape index (κ2) is 7.53. The molecule has 0 atom stereocenters. The fourth-order valence-corrected chi connectivity index (χ4v) is 2.22. The summed E-state index contributed by atoms with van der Waals surface area (Å²) in [5, 5.41) is 0. The van der Waals surface area contributed by atoms with Gasteiger partial charge in [0.15, 0.2) is 0 Å². The molecular formula is C18H14N3-. The zero-order valence-electron chi connectivity index (χ0n) is 11.4. The van der Waals surface area contributed by atoms with Gasteiger partial charge in [-0.05, 0) is 22.3 Å². The quantitative estimate of drug-likeness (QED) is 0.317. The molecule has 0 aliphatic carbocycles. The van der Waals surface area contributed by atoms with Gasteiger partial charge in [0.25, 0.3) is 0 Å². The molecule has 0 saturated carbocycles. The van der Waals surface area contributed by atoms with Crippen LogP contribution in [0.1, 0.15) is 0 Å². The van der Waals surface area contributed by atoms with Crippen molar-refractivity contribution in [2.75, 3.05) is 0 Å². The lowest BCUT2D eigenvalue weighted by Crippen LogP contribution is -1.83. The van der Waals surface area contributed by atoms with Crippen LogP contribution in [0.15, 0.2) is 84.9 Å². The Morgan fingerprint density at radius 3 is 1.10 bits per heavy atom. The van der Waals surface area contributed by atoms with Gasteiger partial charge in [0.1, 0.15) is 0 Å². The van der Waals surface area contributed by atoms with Crippen LogP contribution in [0.3, 0.4) is 0 Å². The maximum atomic E-state index is 6.75. The molecule has 0 spiro atoms. The lowest BCUT2D eigenvalue weighted by atomic mass is 9.95. The zero-order valence-corrected chi connectivity index (χ0v) is 11.4. The van der Waals surface area contributed by atoms with Crippen LogP contribution in [-0.2, 0) is 0 Å². The van der Waals surface area contributed by atoms with Gasteiger partial charge < -0.3 is 11.1 Å². The Bertz CT molecular complexity index is 657. The molecule has 102 valence electrons. The second-order valence-corrected chi connectivity index (χ2v) is 4.37. The third-order valence-electron chi connectivity index (χ3n) is 3.10. The second-order valence-electron chi connectivity index (χ2n) is 4.37. The fourth-order valence-electron chi connectivity index (χ4n) is 2.22. The number of benzene rings is 3. The maximum absolute atomic E-state index is 6.75. The molecule has 3 aromatic rings.